The summed E-state index contributed by atoms with van der Waals surface area (Å²) in [5, 5.41) is 4.96. The first-order valence-corrected chi connectivity index (χ1v) is 11.8. The second kappa shape index (κ2) is 9.90. The molecule has 0 atom stereocenters. The van der Waals surface area contributed by atoms with Gasteiger partial charge >= 0.3 is 0 Å². The second-order valence-corrected chi connectivity index (χ2v) is 9.26. The molecule has 1 saturated heterocycles. The van der Waals surface area contributed by atoms with Crippen molar-refractivity contribution in [1.82, 2.24) is 19.8 Å². The minimum Gasteiger partial charge on any atom is -0.459 e. The number of hydrogen-bond donors (Lipinski definition) is 2. The molecule has 2 aromatic heterocycles. The van der Waals surface area contributed by atoms with Crippen molar-refractivity contribution in [3.8, 4) is 0 Å². The van der Waals surface area contributed by atoms with E-state index in [1.54, 1.807) is 34.5 Å². The molecule has 0 saturated carbocycles. The van der Waals surface area contributed by atoms with Crippen LogP contribution in [0.25, 0.3) is 0 Å². The Bertz CT molecular complexity index is 902. The van der Waals surface area contributed by atoms with Gasteiger partial charge in [0.1, 0.15) is 4.21 Å². The molecule has 0 radical (unpaired) electrons. The van der Waals surface area contributed by atoms with Gasteiger partial charge in [-0.25, -0.2) is 13.1 Å². The van der Waals surface area contributed by atoms with Crippen molar-refractivity contribution in [3.63, 3.8) is 0 Å². The lowest BCUT2D eigenvalue weighted by molar-refractivity contribution is 0.0657. The molecule has 0 aromatic carbocycles. The number of aliphatic imine (C=N–C) groups is 1. The van der Waals surface area contributed by atoms with Gasteiger partial charge < -0.3 is 19.5 Å². The Kier molecular flexibility index (Phi) is 7.29. The molecule has 0 aliphatic carbocycles. The maximum absolute atomic E-state index is 12.4. The van der Waals surface area contributed by atoms with Crippen LogP contribution in [-0.2, 0) is 10.0 Å². The summed E-state index contributed by atoms with van der Waals surface area (Å²) < 4.78 is 32.3. The number of nitrogens with one attached hydrogen (secondary N) is 2. The van der Waals surface area contributed by atoms with Gasteiger partial charge in [0.25, 0.3) is 5.91 Å². The summed E-state index contributed by atoms with van der Waals surface area (Å²) in [6.07, 6.45) is 1.49. The summed E-state index contributed by atoms with van der Waals surface area (Å²) in [6.45, 7) is 5.61. The van der Waals surface area contributed by atoms with E-state index in [2.05, 4.69) is 19.9 Å². The van der Waals surface area contributed by atoms with Gasteiger partial charge in [-0.1, -0.05) is 6.07 Å². The topological polar surface area (TPSA) is 107 Å². The summed E-state index contributed by atoms with van der Waals surface area (Å²) in [5.74, 6) is 0.949. The summed E-state index contributed by atoms with van der Waals surface area (Å²) in [4.78, 5) is 20.7. The van der Waals surface area contributed by atoms with Crippen LogP contribution in [0.5, 0.6) is 0 Å². The van der Waals surface area contributed by atoms with Crippen LogP contribution in [0, 0.1) is 0 Å². The molecule has 3 rings (SSSR count). The van der Waals surface area contributed by atoms with Crippen molar-refractivity contribution in [2.24, 2.45) is 4.99 Å². The van der Waals surface area contributed by atoms with Crippen LogP contribution in [0.1, 0.15) is 17.5 Å². The lowest BCUT2D eigenvalue weighted by Gasteiger charge is -2.36. The van der Waals surface area contributed by atoms with Crippen LogP contribution in [0.3, 0.4) is 0 Å². The number of thiophene rings is 1. The lowest BCUT2D eigenvalue weighted by Crippen LogP contribution is -2.53. The number of carbonyl (C=O) groups is 1. The highest BCUT2D eigenvalue weighted by Gasteiger charge is 2.25. The van der Waals surface area contributed by atoms with E-state index in [0.29, 0.717) is 55.2 Å². The van der Waals surface area contributed by atoms with Crippen LogP contribution in [0.4, 0.5) is 0 Å². The number of furan rings is 1. The van der Waals surface area contributed by atoms with Crippen LogP contribution >= 0.6 is 11.3 Å². The molecule has 1 fully saturated rings. The number of guanidine groups is 1. The first kappa shape index (κ1) is 21.3. The maximum Gasteiger partial charge on any atom is 0.289 e. The van der Waals surface area contributed by atoms with E-state index in [1.165, 1.54) is 17.6 Å². The molecule has 2 N–H and O–H groups in total. The summed E-state index contributed by atoms with van der Waals surface area (Å²) in [7, 11) is -3.48. The molecule has 9 nitrogen and oxygen atoms in total. The van der Waals surface area contributed by atoms with E-state index in [-0.39, 0.29) is 12.5 Å². The van der Waals surface area contributed by atoms with E-state index in [4.69, 9.17) is 4.42 Å². The van der Waals surface area contributed by atoms with Crippen molar-refractivity contribution in [3.05, 3.63) is 41.7 Å². The van der Waals surface area contributed by atoms with E-state index >= 15 is 0 Å². The minimum absolute atomic E-state index is 0.112. The maximum atomic E-state index is 12.4. The average Bonchev–Trinajstić information content (AvgIpc) is 3.44. The van der Waals surface area contributed by atoms with Crippen LogP contribution in [0.2, 0.25) is 0 Å². The van der Waals surface area contributed by atoms with Gasteiger partial charge in [0.15, 0.2) is 11.7 Å². The van der Waals surface area contributed by atoms with Crippen LogP contribution in [-0.4, -0.2) is 75.9 Å². The third-order valence-electron chi connectivity index (χ3n) is 4.36. The highest BCUT2D eigenvalue weighted by Crippen LogP contribution is 2.15. The minimum atomic E-state index is -3.48. The Morgan fingerprint density at radius 2 is 1.97 bits per heavy atom. The summed E-state index contributed by atoms with van der Waals surface area (Å²) in [6, 6.07) is 6.64. The number of sulfonamides is 1. The van der Waals surface area contributed by atoms with Crippen LogP contribution in [0.15, 0.2) is 49.5 Å². The zero-order chi connectivity index (χ0) is 20.7. The van der Waals surface area contributed by atoms with Gasteiger partial charge in [0.2, 0.25) is 10.0 Å². The molecular weight excluding hydrogens is 414 g/mol. The van der Waals surface area contributed by atoms with Crippen molar-refractivity contribution in [2.75, 3.05) is 45.8 Å². The molecule has 1 aliphatic rings. The van der Waals surface area contributed by atoms with E-state index in [1.807, 2.05) is 6.92 Å². The van der Waals surface area contributed by atoms with Crippen LogP contribution < -0.4 is 10.0 Å². The Hall–Kier alpha value is -2.37. The quantitative estimate of drug-likeness (QED) is 0.379. The molecule has 29 heavy (non-hydrogen) atoms. The standard InChI is InChI=1S/C18H25N5O4S2/c1-2-19-18(20-7-8-21-29(25,26)16-6-4-14-28-16)23-11-9-22(10-12-23)17(24)15-5-3-13-27-15/h3-6,13-14,21H,2,7-12H2,1H3,(H,19,20). The van der Waals surface area contributed by atoms with Gasteiger partial charge in [-0.3, -0.25) is 9.79 Å². The smallest absolute Gasteiger partial charge is 0.289 e. The fraction of sp³-hybridized carbons (Fsp3) is 0.444. The van der Waals surface area contributed by atoms with Gasteiger partial charge in [0, 0.05) is 39.3 Å². The Labute approximate surface area is 174 Å². The van der Waals surface area contributed by atoms with Gasteiger partial charge in [-0.2, -0.15) is 0 Å². The lowest BCUT2D eigenvalue weighted by atomic mass is 10.3. The van der Waals surface area contributed by atoms with Gasteiger partial charge in [0.05, 0.1) is 12.8 Å². The molecule has 3 heterocycles. The van der Waals surface area contributed by atoms with Crippen molar-refractivity contribution >= 4 is 33.2 Å². The number of hydrogen-bond acceptors (Lipinski definition) is 6. The van der Waals surface area contributed by atoms with Gasteiger partial charge in [-0.05, 0) is 30.5 Å². The fourth-order valence-electron chi connectivity index (χ4n) is 2.93. The predicted octanol–water partition coefficient (Wildman–Crippen LogP) is 1.04. The normalized spacial score (nSPS) is 15.6. The van der Waals surface area contributed by atoms with Crippen molar-refractivity contribution < 1.29 is 17.6 Å². The average molecular weight is 440 g/mol. The predicted molar refractivity (Wildman–Crippen MR) is 112 cm³/mol. The van der Waals surface area contributed by atoms with Gasteiger partial charge in [-0.15, -0.1) is 11.3 Å². The molecule has 1 amide bonds. The molecule has 1 aliphatic heterocycles. The Morgan fingerprint density at radius 3 is 2.59 bits per heavy atom. The molecule has 0 bridgehead atoms. The summed E-state index contributed by atoms with van der Waals surface area (Å²) in [5.41, 5.74) is 0. The number of rotatable bonds is 7. The van der Waals surface area contributed by atoms with E-state index in [9.17, 15) is 13.2 Å². The molecule has 158 valence electrons. The second-order valence-electron chi connectivity index (χ2n) is 6.32. The molecule has 2 aromatic rings. The number of piperazine rings is 1. The number of nitrogens with zero attached hydrogens (tertiary/aromatic N) is 3. The first-order valence-electron chi connectivity index (χ1n) is 9.40. The number of amides is 1. The molecular formula is C18H25N5O4S2. The SMILES string of the molecule is CCNC(=NCCNS(=O)(=O)c1cccs1)N1CCN(C(=O)c2ccco2)CC1. The van der Waals surface area contributed by atoms with Crippen molar-refractivity contribution in [1.29, 1.82) is 0 Å². The Morgan fingerprint density at radius 1 is 1.21 bits per heavy atom. The highest BCUT2D eigenvalue weighted by atomic mass is 32.2. The van der Waals surface area contributed by atoms with E-state index in [0.717, 1.165) is 0 Å². The Balaban J connectivity index is 1.51. The van der Waals surface area contributed by atoms with E-state index < -0.39 is 10.0 Å². The fourth-order valence-corrected chi connectivity index (χ4v) is 4.99. The molecule has 0 unspecified atom stereocenters. The number of carbonyl (C=O) groups excluding carboxylic acids is 1. The third-order valence-corrected chi connectivity index (χ3v) is 7.22. The first-order chi connectivity index (χ1) is 14.0. The largest absolute Gasteiger partial charge is 0.459 e. The highest BCUT2D eigenvalue weighted by molar-refractivity contribution is 7.91. The zero-order valence-electron chi connectivity index (χ0n) is 16.2. The monoisotopic (exact) mass is 439 g/mol. The third kappa shape index (κ3) is 5.58. The zero-order valence-corrected chi connectivity index (χ0v) is 17.8. The summed E-state index contributed by atoms with van der Waals surface area (Å²) >= 11 is 1.18. The molecule has 0 spiro atoms. The molecule has 11 heteroatoms. The van der Waals surface area contributed by atoms with Crippen molar-refractivity contribution in [2.45, 2.75) is 11.1 Å².